The van der Waals surface area contributed by atoms with Gasteiger partial charge in [0.25, 0.3) is 0 Å². The second-order valence-electron chi connectivity index (χ2n) is 6.85. The lowest BCUT2D eigenvalue weighted by Gasteiger charge is -2.19. The molecule has 3 fully saturated rings. The number of hydrogen-bond acceptors (Lipinski definition) is 1. The van der Waals surface area contributed by atoms with Crippen LogP contribution in [0, 0.1) is 23.7 Å². The van der Waals surface area contributed by atoms with Crippen molar-refractivity contribution in [2.75, 3.05) is 13.1 Å². The van der Waals surface area contributed by atoms with Gasteiger partial charge in [0, 0.05) is 0 Å². The Morgan fingerprint density at radius 3 is 1.88 bits per heavy atom. The molecule has 3 aliphatic rings. The molecule has 0 bridgehead atoms. The smallest absolute Gasteiger partial charge is 0.00151 e. The third-order valence-corrected chi connectivity index (χ3v) is 5.24. The Hall–Kier alpha value is -0.0400. The summed E-state index contributed by atoms with van der Waals surface area (Å²) < 4.78 is 0. The standard InChI is InChI=1S/C16H29N/c1-2-4-6-13(5-3-1)11-17-12-16(14-7-8-14)15-9-10-15/h13-17H,1-12H2. The fourth-order valence-electron chi connectivity index (χ4n) is 3.79. The second-order valence-corrected chi connectivity index (χ2v) is 6.85. The van der Waals surface area contributed by atoms with Gasteiger partial charge >= 0.3 is 0 Å². The van der Waals surface area contributed by atoms with Gasteiger partial charge in [-0.2, -0.15) is 0 Å². The van der Waals surface area contributed by atoms with E-state index in [0.717, 1.165) is 23.7 Å². The van der Waals surface area contributed by atoms with Crippen molar-refractivity contribution in [2.24, 2.45) is 23.7 Å². The molecule has 3 aliphatic carbocycles. The van der Waals surface area contributed by atoms with E-state index in [0.29, 0.717) is 0 Å². The van der Waals surface area contributed by atoms with Gasteiger partial charge in [-0.25, -0.2) is 0 Å². The fourth-order valence-corrected chi connectivity index (χ4v) is 3.79. The van der Waals surface area contributed by atoms with Crippen molar-refractivity contribution < 1.29 is 0 Å². The van der Waals surface area contributed by atoms with Crippen molar-refractivity contribution in [1.29, 1.82) is 0 Å². The summed E-state index contributed by atoms with van der Waals surface area (Å²) in [5.74, 6) is 4.28. The lowest BCUT2D eigenvalue weighted by atomic mass is 9.96. The minimum atomic E-state index is 0.997. The zero-order chi connectivity index (χ0) is 11.5. The average molecular weight is 235 g/mol. The van der Waals surface area contributed by atoms with E-state index in [1.54, 1.807) is 0 Å². The van der Waals surface area contributed by atoms with Gasteiger partial charge in [0.2, 0.25) is 0 Å². The first kappa shape index (κ1) is 12.0. The Labute approximate surface area is 107 Å². The molecule has 0 saturated heterocycles. The van der Waals surface area contributed by atoms with Crippen molar-refractivity contribution in [3.05, 3.63) is 0 Å². The summed E-state index contributed by atoms with van der Waals surface area (Å²) in [5, 5.41) is 3.83. The predicted octanol–water partition coefficient (Wildman–Crippen LogP) is 3.98. The van der Waals surface area contributed by atoms with Gasteiger partial charge in [-0.15, -0.1) is 0 Å². The molecule has 0 aromatic heterocycles. The van der Waals surface area contributed by atoms with Crippen LogP contribution in [-0.4, -0.2) is 13.1 Å². The second kappa shape index (κ2) is 5.73. The fraction of sp³-hybridized carbons (Fsp3) is 1.00. The molecule has 1 N–H and O–H groups in total. The highest BCUT2D eigenvalue weighted by atomic mass is 14.9. The van der Waals surface area contributed by atoms with Crippen LogP contribution in [0.3, 0.4) is 0 Å². The first-order valence-electron chi connectivity index (χ1n) is 8.14. The minimum absolute atomic E-state index is 0.997. The van der Waals surface area contributed by atoms with Gasteiger partial charge < -0.3 is 5.32 Å². The predicted molar refractivity (Wildman–Crippen MR) is 73.0 cm³/mol. The van der Waals surface area contributed by atoms with Gasteiger partial charge in [-0.1, -0.05) is 25.7 Å². The summed E-state index contributed by atoms with van der Waals surface area (Å²) in [6, 6.07) is 0. The van der Waals surface area contributed by atoms with Crippen LogP contribution in [0.4, 0.5) is 0 Å². The molecule has 3 saturated carbocycles. The highest BCUT2D eigenvalue weighted by Crippen LogP contribution is 2.48. The van der Waals surface area contributed by atoms with Crippen LogP contribution in [0.25, 0.3) is 0 Å². The topological polar surface area (TPSA) is 12.0 Å². The molecule has 1 heteroatoms. The molecule has 98 valence electrons. The van der Waals surface area contributed by atoms with Crippen LogP contribution in [-0.2, 0) is 0 Å². The summed E-state index contributed by atoms with van der Waals surface area (Å²) in [7, 11) is 0. The lowest BCUT2D eigenvalue weighted by molar-refractivity contribution is 0.349. The normalized spacial score (nSPS) is 27.4. The Bertz CT molecular complexity index is 210. The highest BCUT2D eigenvalue weighted by Gasteiger charge is 2.40. The van der Waals surface area contributed by atoms with Crippen molar-refractivity contribution in [2.45, 2.75) is 64.2 Å². The van der Waals surface area contributed by atoms with Crippen molar-refractivity contribution in [3.63, 3.8) is 0 Å². The molecule has 3 rings (SSSR count). The Morgan fingerprint density at radius 2 is 1.35 bits per heavy atom. The van der Waals surface area contributed by atoms with Crippen LogP contribution in [0.1, 0.15) is 64.2 Å². The summed E-state index contributed by atoms with van der Waals surface area (Å²) in [5.41, 5.74) is 0. The first-order valence-corrected chi connectivity index (χ1v) is 8.14. The molecule has 0 aromatic carbocycles. The Kier molecular flexibility index (Phi) is 4.05. The SMILES string of the molecule is C1CCCC(CNCC(C2CC2)C2CC2)CC1. The quantitative estimate of drug-likeness (QED) is 0.687. The maximum atomic E-state index is 3.83. The molecule has 1 nitrogen and oxygen atoms in total. The maximum absolute atomic E-state index is 3.83. The average Bonchev–Trinajstić information content (AvgIpc) is 3.22. The van der Waals surface area contributed by atoms with Crippen LogP contribution >= 0.6 is 0 Å². The molecule has 0 heterocycles. The van der Waals surface area contributed by atoms with E-state index in [-0.39, 0.29) is 0 Å². The first-order chi connectivity index (χ1) is 8.43. The van der Waals surface area contributed by atoms with Gasteiger partial charge in [-0.3, -0.25) is 0 Å². The van der Waals surface area contributed by atoms with Gasteiger partial charge in [0.1, 0.15) is 0 Å². The summed E-state index contributed by atoms with van der Waals surface area (Å²) >= 11 is 0. The largest absolute Gasteiger partial charge is 0.316 e. The van der Waals surface area contributed by atoms with Crippen molar-refractivity contribution in [3.8, 4) is 0 Å². The van der Waals surface area contributed by atoms with E-state index in [4.69, 9.17) is 0 Å². The molecule has 0 aromatic rings. The van der Waals surface area contributed by atoms with E-state index in [1.807, 2.05) is 0 Å². The molecule has 0 atom stereocenters. The van der Waals surface area contributed by atoms with Crippen LogP contribution < -0.4 is 5.32 Å². The molecule has 17 heavy (non-hydrogen) atoms. The number of nitrogens with one attached hydrogen (secondary N) is 1. The molecule has 0 aliphatic heterocycles. The van der Waals surface area contributed by atoms with E-state index in [9.17, 15) is 0 Å². The molecule has 0 radical (unpaired) electrons. The third-order valence-electron chi connectivity index (χ3n) is 5.24. The highest BCUT2D eigenvalue weighted by molar-refractivity contribution is 4.92. The van der Waals surface area contributed by atoms with E-state index in [2.05, 4.69) is 5.32 Å². The Morgan fingerprint density at radius 1 is 0.765 bits per heavy atom. The lowest BCUT2D eigenvalue weighted by Crippen LogP contribution is -2.30. The molecule has 0 amide bonds. The number of hydrogen-bond donors (Lipinski definition) is 1. The zero-order valence-electron chi connectivity index (χ0n) is 11.3. The van der Waals surface area contributed by atoms with Crippen LogP contribution in [0.15, 0.2) is 0 Å². The van der Waals surface area contributed by atoms with Crippen LogP contribution in [0.2, 0.25) is 0 Å². The molecular weight excluding hydrogens is 206 g/mol. The molecule has 0 spiro atoms. The molecular formula is C16H29N. The minimum Gasteiger partial charge on any atom is -0.316 e. The monoisotopic (exact) mass is 235 g/mol. The van der Waals surface area contributed by atoms with E-state index < -0.39 is 0 Å². The zero-order valence-corrected chi connectivity index (χ0v) is 11.3. The van der Waals surface area contributed by atoms with Gasteiger partial charge in [-0.05, 0) is 75.3 Å². The van der Waals surface area contributed by atoms with Gasteiger partial charge in [0.15, 0.2) is 0 Å². The summed E-state index contributed by atoms with van der Waals surface area (Å²) in [4.78, 5) is 0. The van der Waals surface area contributed by atoms with Gasteiger partial charge in [0.05, 0.1) is 0 Å². The summed E-state index contributed by atoms with van der Waals surface area (Å²) in [6.07, 6.45) is 15.1. The Balaban J connectivity index is 1.35. The maximum Gasteiger partial charge on any atom is -0.00151 e. The van der Waals surface area contributed by atoms with Crippen LogP contribution in [0.5, 0.6) is 0 Å². The van der Waals surface area contributed by atoms with Crippen molar-refractivity contribution >= 4 is 0 Å². The van der Waals surface area contributed by atoms with E-state index >= 15 is 0 Å². The number of rotatable bonds is 6. The van der Waals surface area contributed by atoms with Crippen molar-refractivity contribution in [1.82, 2.24) is 5.32 Å². The van der Waals surface area contributed by atoms with E-state index in [1.165, 1.54) is 77.3 Å². The summed E-state index contributed by atoms with van der Waals surface area (Å²) in [6.45, 7) is 2.65. The third kappa shape index (κ3) is 3.71. The molecule has 0 unspecified atom stereocenters.